The molecule has 0 saturated carbocycles. The summed E-state index contributed by atoms with van der Waals surface area (Å²) in [5.41, 5.74) is 1.54. The molecule has 0 radical (unpaired) electrons. The van der Waals surface area contributed by atoms with E-state index in [1.54, 1.807) is 21.6 Å². The third-order valence-electron chi connectivity index (χ3n) is 2.94. The Kier molecular flexibility index (Phi) is 3.15. The number of thiazole rings is 1. The van der Waals surface area contributed by atoms with E-state index in [2.05, 4.69) is 4.98 Å². The lowest BCUT2D eigenvalue weighted by Crippen LogP contribution is -2.29. The zero-order valence-electron chi connectivity index (χ0n) is 9.57. The Bertz CT molecular complexity index is 550. The summed E-state index contributed by atoms with van der Waals surface area (Å²) in [6.45, 7) is 1.04. The second kappa shape index (κ2) is 4.79. The number of aliphatic hydroxyl groups is 1. The lowest BCUT2D eigenvalue weighted by Gasteiger charge is -2.13. The predicted molar refractivity (Wildman–Crippen MR) is 72.0 cm³/mol. The highest BCUT2D eigenvalue weighted by Gasteiger charge is 2.26. The van der Waals surface area contributed by atoms with Crippen LogP contribution in [0, 0.1) is 0 Å². The number of aliphatic hydroxyl groups excluding tert-OH is 1. The van der Waals surface area contributed by atoms with Gasteiger partial charge in [0.2, 0.25) is 0 Å². The minimum Gasteiger partial charge on any atom is -0.391 e. The molecule has 0 aromatic carbocycles. The molecule has 18 heavy (non-hydrogen) atoms. The van der Waals surface area contributed by atoms with Crippen LogP contribution in [0.2, 0.25) is 0 Å². The maximum Gasteiger partial charge on any atom is 0.273 e. The summed E-state index contributed by atoms with van der Waals surface area (Å²) in [7, 11) is 0. The van der Waals surface area contributed by atoms with Crippen LogP contribution in [-0.4, -0.2) is 40.1 Å². The van der Waals surface area contributed by atoms with Crippen molar-refractivity contribution in [1.82, 2.24) is 9.88 Å². The first-order valence-electron chi connectivity index (χ1n) is 5.69. The van der Waals surface area contributed by atoms with E-state index in [1.165, 1.54) is 11.3 Å². The van der Waals surface area contributed by atoms with Gasteiger partial charge in [-0.3, -0.25) is 4.79 Å². The second-order valence-electron chi connectivity index (χ2n) is 4.24. The van der Waals surface area contributed by atoms with Gasteiger partial charge in [0, 0.05) is 29.4 Å². The molecule has 1 saturated heterocycles. The van der Waals surface area contributed by atoms with Gasteiger partial charge in [0.25, 0.3) is 5.91 Å². The molecule has 2 aromatic rings. The van der Waals surface area contributed by atoms with Crippen molar-refractivity contribution in [3.8, 4) is 10.6 Å². The number of hydrogen-bond acceptors (Lipinski definition) is 5. The molecule has 3 rings (SSSR count). The van der Waals surface area contributed by atoms with E-state index < -0.39 is 0 Å². The predicted octanol–water partition coefficient (Wildman–Crippen LogP) is 2.08. The Morgan fingerprint density at radius 2 is 2.39 bits per heavy atom. The highest BCUT2D eigenvalue weighted by atomic mass is 32.1. The van der Waals surface area contributed by atoms with E-state index in [-0.39, 0.29) is 12.0 Å². The Morgan fingerprint density at radius 3 is 3.06 bits per heavy atom. The topological polar surface area (TPSA) is 53.4 Å². The number of β-amino-alcohol motifs (C(OH)–C–C–N with tert-alkyl or cyclic N) is 1. The summed E-state index contributed by atoms with van der Waals surface area (Å²) < 4.78 is 0. The van der Waals surface area contributed by atoms with E-state index in [4.69, 9.17) is 0 Å². The second-order valence-corrected chi connectivity index (χ2v) is 5.88. The smallest absolute Gasteiger partial charge is 0.273 e. The average molecular weight is 280 g/mol. The summed E-state index contributed by atoms with van der Waals surface area (Å²) in [6.07, 6.45) is 0.275. The van der Waals surface area contributed by atoms with E-state index in [1.807, 2.05) is 16.8 Å². The minimum absolute atomic E-state index is 0.0794. The Hall–Kier alpha value is -1.24. The van der Waals surface area contributed by atoms with Gasteiger partial charge in [-0.05, 0) is 17.9 Å². The maximum absolute atomic E-state index is 12.1. The zero-order chi connectivity index (χ0) is 12.5. The van der Waals surface area contributed by atoms with Crippen LogP contribution in [0.3, 0.4) is 0 Å². The summed E-state index contributed by atoms with van der Waals surface area (Å²) in [6, 6.07) is 2.00. The summed E-state index contributed by atoms with van der Waals surface area (Å²) in [5.74, 6) is -0.0794. The lowest BCUT2D eigenvalue weighted by molar-refractivity contribution is 0.0760. The van der Waals surface area contributed by atoms with Crippen LogP contribution < -0.4 is 0 Å². The number of nitrogens with zero attached hydrogens (tertiary/aromatic N) is 2. The normalized spacial score (nSPS) is 19.4. The molecule has 1 amide bonds. The van der Waals surface area contributed by atoms with Crippen molar-refractivity contribution in [3.63, 3.8) is 0 Å². The molecule has 6 heteroatoms. The van der Waals surface area contributed by atoms with E-state index in [0.717, 1.165) is 10.6 Å². The van der Waals surface area contributed by atoms with Gasteiger partial charge in [0.05, 0.1) is 6.10 Å². The molecule has 4 nitrogen and oxygen atoms in total. The fourth-order valence-electron chi connectivity index (χ4n) is 1.98. The number of carbonyl (C=O) groups is 1. The molecule has 1 atom stereocenters. The molecule has 3 heterocycles. The molecule has 2 aromatic heterocycles. The molecule has 0 spiro atoms. The summed E-state index contributed by atoms with van der Waals surface area (Å²) in [5, 5.41) is 16.1. The molecule has 1 N–H and O–H groups in total. The average Bonchev–Trinajstić information content (AvgIpc) is 3.09. The van der Waals surface area contributed by atoms with Gasteiger partial charge in [-0.2, -0.15) is 11.3 Å². The van der Waals surface area contributed by atoms with Gasteiger partial charge in [-0.15, -0.1) is 11.3 Å². The number of thiophene rings is 1. The zero-order valence-corrected chi connectivity index (χ0v) is 11.2. The van der Waals surface area contributed by atoms with Crippen molar-refractivity contribution < 1.29 is 9.90 Å². The fraction of sp³-hybridized carbons (Fsp3) is 0.333. The van der Waals surface area contributed by atoms with Gasteiger partial charge < -0.3 is 10.0 Å². The molecule has 0 aliphatic carbocycles. The van der Waals surface area contributed by atoms with Crippen LogP contribution >= 0.6 is 22.7 Å². The number of likely N-dealkylation sites (tertiary alicyclic amines) is 1. The summed E-state index contributed by atoms with van der Waals surface area (Å²) >= 11 is 3.10. The SMILES string of the molecule is O=C(c1csc(-c2ccsc2)n1)N1CC[C@H](O)C1. The van der Waals surface area contributed by atoms with E-state index in [9.17, 15) is 9.90 Å². The number of amides is 1. The van der Waals surface area contributed by atoms with Crippen molar-refractivity contribution in [2.45, 2.75) is 12.5 Å². The van der Waals surface area contributed by atoms with Crippen LogP contribution in [0.4, 0.5) is 0 Å². The number of rotatable bonds is 2. The Morgan fingerprint density at radius 1 is 1.50 bits per heavy atom. The minimum atomic E-state index is -0.385. The third-order valence-corrected chi connectivity index (χ3v) is 4.52. The van der Waals surface area contributed by atoms with Crippen molar-refractivity contribution in [2.24, 2.45) is 0 Å². The van der Waals surface area contributed by atoms with Crippen LogP contribution in [0.15, 0.2) is 22.2 Å². The Labute approximate surface area is 113 Å². The molecule has 0 bridgehead atoms. The van der Waals surface area contributed by atoms with E-state index >= 15 is 0 Å². The third kappa shape index (κ3) is 2.19. The Balaban J connectivity index is 1.79. The quantitative estimate of drug-likeness (QED) is 0.916. The van der Waals surface area contributed by atoms with Crippen molar-refractivity contribution in [1.29, 1.82) is 0 Å². The molecular formula is C12H12N2O2S2. The molecule has 1 fully saturated rings. The van der Waals surface area contributed by atoms with Crippen molar-refractivity contribution >= 4 is 28.6 Å². The largest absolute Gasteiger partial charge is 0.391 e. The summed E-state index contributed by atoms with van der Waals surface area (Å²) in [4.78, 5) is 18.2. The first kappa shape index (κ1) is 11.8. The highest BCUT2D eigenvalue weighted by Crippen LogP contribution is 2.26. The van der Waals surface area contributed by atoms with Gasteiger partial charge >= 0.3 is 0 Å². The molecule has 1 aliphatic rings. The number of aromatic nitrogens is 1. The van der Waals surface area contributed by atoms with Crippen molar-refractivity contribution in [2.75, 3.05) is 13.1 Å². The van der Waals surface area contributed by atoms with Crippen LogP contribution in [0.5, 0.6) is 0 Å². The molecule has 1 aliphatic heterocycles. The van der Waals surface area contributed by atoms with Crippen molar-refractivity contribution in [3.05, 3.63) is 27.9 Å². The molecule has 94 valence electrons. The van der Waals surface area contributed by atoms with Gasteiger partial charge in [0.1, 0.15) is 10.7 Å². The highest BCUT2D eigenvalue weighted by molar-refractivity contribution is 7.14. The van der Waals surface area contributed by atoms with Gasteiger partial charge in [-0.25, -0.2) is 4.98 Å². The number of carbonyl (C=O) groups excluding carboxylic acids is 1. The monoisotopic (exact) mass is 280 g/mol. The van der Waals surface area contributed by atoms with Crippen LogP contribution in [0.1, 0.15) is 16.9 Å². The van der Waals surface area contributed by atoms with Crippen LogP contribution in [0.25, 0.3) is 10.6 Å². The molecular weight excluding hydrogens is 268 g/mol. The van der Waals surface area contributed by atoms with E-state index in [0.29, 0.717) is 25.2 Å². The maximum atomic E-state index is 12.1. The first-order valence-corrected chi connectivity index (χ1v) is 7.52. The lowest BCUT2D eigenvalue weighted by atomic mass is 10.3. The molecule has 0 unspecified atom stereocenters. The standard InChI is InChI=1S/C12H12N2O2S2/c15-9-1-3-14(5-9)12(16)10-7-18-11(13-10)8-2-4-17-6-8/h2,4,6-7,9,15H,1,3,5H2/t9-/m0/s1. The fourth-order valence-corrected chi connectivity index (χ4v) is 3.49. The first-order chi connectivity index (χ1) is 8.74. The van der Waals surface area contributed by atoms with Crippen LogP contribution in [-0.2, 0) is 0 Å². The number of hydrogen-bond donors (Lipinski definition) is 1. The van der Waals surface area contributed by atoms with Gasteiger partial charge in [-0.1, -0.05) is 0 Å². The van der Waals surface area contributed by atoms with Gasteiger partial charge in [0.15, 0.2) is 0 Å².